The summed E-state index contributed by atoms with van der Waals surface area (Å²) in [5.74, 6) is 0. The van der Waals surface area contributed by atoms with Gasteiger partial charge >= 0.3 is 0 Å². The van der Waals surface area contributed by atoms with Gasteiger partial charge in [-0.1, -0.05) is 0 Å². The van der Waals surface area contributed by atoms with E-state index in [0.717, 1.165) is 0 Å². The molecule has 4 radical (unpaired) electrons. The van der Waals surface area contributed by atoms with Crippen molar-refractivity contribution in [3.63, 3.8) is 0 Å². The molecule has 0 saturated carbocycles. The maximum atomic E-state index is 0. The van der Waals surface area contributed by atoms with Gasteiger partial charge < -0.3 is 0 Å². The van der Waals surface area contributed by atoms with Crippen LogP contribution < -0.4 is 0 Å². The molecule has 0 aromatic rings. The van der Waals surface area contributed by atoms with E-state index < -0.39 is 0 Å². The topological polar surface area (TPSA) is 0 Å². The van der Waals surface area contributed by atoms with Crippen LogP contribution in [-0.2, 0) is 44.1 Å². The molecule has 18 valence electrons. The summed E-state index contributed by atoms with van der Waals surface area (Å²) in [6, 6.07) is 0. The summed E-state index contributed by atoms with van der Waals surface area (Å²) in [4.78, 5) is 0. The predicted octanol–water partition coefficient (Wildman–Crippen LogP) is -1.57. The molecule has 0 spiro atoms. The summed E-state index contributed by atoms with van der Waals surface area (Å²) in [6.07, 6.45) is 0. The first-order valence-corrected chi connectivity index (χ1v) is 0. The molecule has 0 saturated heterocycles. The van der Waals surface area contributed by atoms with Crippen molar-refractivity contribution in [1.82, 2.24) is 0 Å². The molecule has 0 nitrogen and oxygen atoms in total. The Kier molecular flexibility index (Phi) is 181. The van der Waals surface area contributed by atoms with E-state index in [0.29, 0.717) is 0 Å². The second-order valence-corrected chi connectivity index (χ2v) is 0. The Morgan fingerprint density at radius 1 is 1.00 bits per heavy atom. The van der Waals surface area contributed by atoms with Gasteiger partial charge in [0.25, 0.3) is 0 Å². The minimum absolute atomic E-state index is 0. The maximum Gasteiger partial charge on any atom is 0.187 e. The summed E-state index contributed by atoms with van der Waals surface area (Å²) < 4.78 is 0. The molecule has 0 aliphatic rings. The molecular formula is H3AlBNbTi. The molecular weight excluding hydrogens is 179 g/mol. The fourth-order valence-electron chi connectivity index (χ4n) is 0. The standard InChI is InChI=1S/Al.B.Nb.Ti.3H. The van der Waals surface area contributed by atoms with Crippen LogP contribution in [0.2, 0.25) is 0 Å². The largest absolute Gasteiger partial charge is 0.187 e. The summed E-state index contributed by atoms with van der Waals surface area (Å²) in [6.45, 7) is 0. The first kappa shape index (κ1) is 36.7. The van der Waals surface area contributed by atoms with Crippen molar-refractivity contribution in [1.29, 1.82) is 0 Å². The van der Waals surface area contributed by atoms with Gasteiger partial charge in [0.2, 0.25) is 0 Å². The first-order valence-electron chi connectivity index (χ1n) is 0. The molecule has 0 amide bonds. The van der Waals surface area contributed by atoms with Crippen molar-refractivity contribution in [3.05, 3.63) is 0 Å². The van der Waals surface area contributed by atoms with E-state index in [1.807, 2.05) is 0 Å². The molecule has 0 aromatic heterocycles. The summed E-state index contributed by atoms with van der Waals surface area (Å²) in [5, 5.41) is 0. The Hall–Kier alpha value is 2.05. The van der Waals surface area contributed by atoms with Crippen LogP contribution in [-0.4, -0.2) is 25.8 Å². The minimum atomic E-state index is 0. The maximum absolute atomic E-state index is 0. The van der Waals surface area contributed by atoms with Crippen molar-refractivity contribution in [2.75, 3.05) is 0 Å². The molecule has 0 aliphatic carbocycles. The summed E-state index contributed by atoms with van der Waals surface area (Å²) in [7, 11) is 0. The molecule has 0 atom stereocenters. The molecule has 0 rings (SSSR count). The van der Waals surface area contributed by atoms with Crippen LogP contribution in [0.4, 0.5) is 0 Å². The van der Waals surface area contributed by atoms with Crippen molar-refractivity contribution in [3.8, 4) is 0 Å². The molecule has 0 unspecified atom stereocenters. The van der Waals surface area contributed by atoms with Crippen LogP contribution in [0.3, 0.4) is 0 Å². The summed E-state index contributed by atoms with van der Waals surface area (Å²) in [5.41, 5.74) is 0. The SMILES string of the molecule is [AlH3].[B].[Nb].[Ti]. The molecule has 0 aliphatic heterocycles. The van der Waals surface area contributed by atoms with E-state index in [1.165, 1.54) is 0 Å². The third-order valence-corrected chi connectivity index (χ3v) is 0. The van der Waals surface area contributed by atoms with Crippen molar-refractivity contribution in [2.45, 2.75) is 0 Å². The Labute approximate surface area is 69.2 Å². The Bertz CT molecular complexity index is 8.00. The number of hydrogen-bond acceptors (Lipinski definition) is 0. The minimum Gasteiger partial charge on any atom is 0 e. The van der Waals surface area contributed by atoms with Gasteiger partial charge in [-0.25, -0.2) is 0 Å². The van der Waals surface area contributed by atoms with E-state index in [1.54, 1.807) is 0 Å². The molecule has 4 heteroatoms. The van der Waals surface area contributed by atoms with Crippen LogP contribution >= 0.6 is 0 Å². The van der Waals surface area contributed by atoms with E-state index in [-0.39, 0.29) is 69.9 Å². The van der Waals surface area contributed by atoms with Gasteiger partial charge in [0.15, 0.2) is 17.4 Å². The van der Waals surface area contributed by atoms with E-state index in [2.05, 4.69) is 0 Å². The van der Waals surface area contributed by atoms with E-state index in [9.17, 15) is 0 Å². The van der Waals surface area contributed by atoms with Crippen molar-refractivity contribution in [2.24, 2.45) is 0 Å². The van der Waals surface area contributed by atoms with E-state index in [4.69, 9.17) is 0 Å². The van der Waals surface area contributed by atoms with Gasteiger partial charge in [0, 0.05) is 52.5 Å². The van der Waals surface area contributed by atoms with Crippen molar-refractivity contribution < 1.29 is 44.1 Å². The van der Waals surface area contributed by atoms with Crippen LogP contribution in [0, 0.1) is 0 Å². The molecule has 0 heterocycles. The van der Waals surface area contributed by atoms with Gasteiger partial charge in [-0.2, -0.15) is 0 Å². The number of hydrogen-bond donors (Lipinski definition) is 0. The first-order chi connectivity index (χ1) is 0. The monoisotopic (exact) mass is 182 g/mol. The molecule has 0 aromatic carbocycles. The molecule has 0 fully saturated rings. The van der Waals surface area contributed by atoms with Crippen molar-refractivity contribution >= 4 is 25.8 Å². The zero-order chi connectivity index (χ0) is 0. The fraction of sp³-hybridized carbons (Fsp3) is 0. The van der Waals surface area contributed by atoms with Gasteiger partial charge in [-0.05, 0) is 0 Å². The van der Waals surface area contributed by atoms with Gasteiger partial charge in [-0.3, -0.25) is 0 Å². The number of rotatable bonds is 0. The Morgan fingerprint density at radius 2 is 1.00 bits per heavy atom. The fourth-order valence-corrected chi connectivity index (χ4v) is 0. The second kappa shape index (κ2) is 19.7. The quantitative estimate of drug-likeness (QED) is 0.396. The molecule has 0 bridgehead atoms. The van der Waals surface area contributed by atoms with Crippen LogP contribution in [0.25, 0.3) is 0 Å². The Balaban J connectivity index is 0. The molecule has 0 N–H and O–H groups in total. The zero-order valence-corrected chi connectivity index (χ0v) is 5.28. The second-order valence-electron chi connectivity index (χ2n) is 0. The van der Waals surface area contributed by atoms with E-state index >= 15 is 0 Å². The van der Waals surface area contributed by atoms with Crippen LogP contribution in [0.15, 0.2) is 0 Å². The van der Waals surface area contributed by atoms with Gasteiger partial charge in [0.1, 0.15) is 0 Å². The summed E-state index contributed by atoms with van der Waals surface area (Å²) >= 11 is 0. The van der Waals surface area contributed by atoms with Gasteiger partial charge in [0.05, 0.1) is 0 Å². The smallest absolute Gasteiger partial charge is 0 e. The average molecular weight is 182 g/mol. The predicted molar refractivity (Wildman–Crippen MR) is 15.7 cm³/mol. The zero-order valence-electron chi connectivity index (χ0n) is 1.52. The van der Waals surface area contributed by atoms with Gasteiger partial charge in [-0.15, -0.1) is 0 Å². The molecule has 4 heavy (non-hydrogen) atoms. The average Bonchev–Trinajstić information content (AvgIpc) is 0. The third kappa shape index (κ3) is 8.96. The van der Waals surface area contributed by atoms with Crippen LogP contribution in [0.5, 0.6) is 0 Å². The third-order valence-electron chi connectivity index (χ3n) is 0. The van der Waals surface area contributed by atoms with Crippen LogP contribution in [0.1, 0.15) is 0 Å². The normalized spacial score (nSPS) is 0. The Morgan fingerprint density at radius 3 is 1.00 bits per heavy atom.